The van der Waals surface area contributed by atoms with E-state index in [9.17, 15) is 0 Å². The molecule has 0 amide bonds. The van der Waals surface area contributed by atoms with Crippen molar-refractivity contribution in [2.75, 3.05) is 40.0 Å². The molecule has 2 saturated heterocycles. The number of aryl methyl sites for hydroxylation is 1. The van der Waals surface area contributed by atoms with Crippen LogP contribution >= 0.6 is 24.0 Å². The lowest BCUT2D eigenvalue weighted by Gasteiger charge is -2.37. The largest absolute Gasteiger partial charge is 0.496 e. The van der Waals surface area contributed by atoms with Gasteiger partial charge in [0.1, 0.15) is 11.9 Å². The van der Waals surface area contributed by atoms with E-state index in [1.807, 2.05) is 20.0 Å². The van der Waals surface area contributed by atoms with Crippen LogP contribution in [0.3, 0.4) is 0 Å². The highest BCUT2D eigenvalue weighted by Crippen LogP contribution is 2.25. The Balaban J connectivity index is 0.00000280. The van der Waals surface area contributed by atoms with E-state index >= 15 is 0 Å². The number of hydrogen-bond donors (Lipinski definition) is 1. The van der Waals surface area contributed by atoms with E-state index in [2.05, 4.69) is 22.1 Å². The van der Waals surface area contributed by atoms with Crippen molar-refractivity contribution in [3.8, 4) is 5.75 Å². The number of ether oxygens (including phenoxy) is 3. The first kappa shape index (κ1) is 23.2. The molecule has 2 unspecified atom stereocenters. The highest BCUT2D eigenvalue weighted by atomic mass is 127. The number of methoxy groups -OCH3 is 1. The van der Waals surface area contributed by atoms with Crippen molar-refractivity contribution in [2.24, 2.45) is 4.99 Å². The predicted octanol–water partition coefficient (Wildman–Crippen LogP) is 2.67. The van der Waals surface area contributed by atoms with Gasteiger partial charge in [-0.15, -0.1) is 24.0 Å². The fourth-order valence-corrected chi connectivity index (χ4v) is 3.79. The number of aromatic nitrogens is 1. The molecule has 1 N–H and O–H groups in total. The van der Waals surface area contributed by atoms with Crippen LogP contribution in [0.4, 0.5) is 0 Å². The number of halogens is 1. The number of guanidine groups is 1. The van der Waals surface area contributed by atoms with Gasteiger partial charge in [-0.2, -0.15) is 0 Å². The van der Waals surface area contributed by atoms with Gasteiger partial charge >= 0.3 is 0 Å². The highest BCUT2D eigenvalue weighted by Gasteiger charge is 2.32. The first-order valence-electron chi connectivity index (χ1n) is 9.89. The van der Waals surface area contributed by atoms with Crippen molar-refractivity contribution in [1.29, 1.82) is 0 Å². The van der Waals surface area contributed by atoms with Crippen LogP contribution in [0, 0.1) is 13.8 Å². The molecule has 158 valence electrons. The second kappa shape index (κ2) is 11.2. The normalized spacial score (nSPS) is 22.7. The monoisotopic (exact) mass is 504 g/mol. The van der Waals surface area contributed by atoms with E-state index in [1.165, 1.54) is 0 Å². The number of nitrogens with zero attached hydrogens (tertiary/aromatic N) is 3. The average molecular weight is 504 g/mol. The third-order valence-electron chi connectivity index (χ3n) is 5.24. The fourth-order valence-electron chi connectivity index (χ4n) is 3.79. The predicted molar refractivity (Wildman–Crippen MR) is 121 cm³/mol. The van der Waals surface area contributed by atoms with Gasteiger partial charge in [-0.05, 0) is 33.6 Å². The molecule has 1 aromatic rings. The van der Waals surface area contributed by atoms with Crippen LogP contribution in [0.2, 0.25) is 0 Å². The average Bonchev–Trinajstić information content (AvgIpc) is 3.22. The molecule has 0 aliphatic carbocycles. The summed E-state index contributed by atoms with van der Waals surface area (Å²) in [5, 5.41) is 3.41. The Morgan fingerprint density at radius 3 is 2.79 bits per heavy atom. The Morgan fingerprint density at radius 2 is 2.11 bits per heavy atom. The number of morpholine rings is 1. The Kier molecular flexibility index (Phi) is 9.23. The summed E-state index contributed by atoms with van der Waals surface area (Å²) in [4.78, 5) is 11.7. The molecule has 2 atom stereocenters. The van der Waals surface area contributed by atoms with Crippen molar-refractivity contribution in [1.82, 2.24) is 15.2 Å². The first-order valence-corrected chi connectivity index (χ1v) is 9.89. The number of aliphatic imine (C=N–C) groups is 1. The molecule has 28 heavy (non-hydrogen) atoms. The smallest absolute Gasteiger partial charge is 0.194 e. The molecule has 8 heteroatoms. The quantitative estimate of drug-likeness (QED) is 0.378. The molecule has 0 spiro atoms. The summed E-state index contributed by atoms with van der Waals surface area (Å²) in [6, 6.07) is 0. The molecule has 1 aromatic heterocycles. The molecule has 2 fully saturated rings. The lowest BCUT2D eigenvalue weighted by atomic mass is 10.1. The third-order valence-corrected chi connectivity index (χ3v) is 5.24. The van der Waals surface area contributed by atoms with Gasteiger partial charge in [0.25, 0.3) is 0 Å². The number of hydrogen-bond acceptors (Lipinski definition) is 5. The fraction of sp³-hybridized carbons (Fsp3) is 0.700. The van der Waals surface area contributed by atoms with Crippen LogP contribution in [0.25, 0.3) is 0 Å². The lowest BCUT2D eigenvalue weighted by molar-refractivity contribution is -0.0817. The van der Waals surface area contributed by atoms with Crippen LogP contribution < -0.4 is 10.1 Å². The molecular weight excluding hydrogens is 471 g/mol. The Bertz CT molecular complexity index is 665. The van der Waals surface area contributed by atoms with Crippen LogP contribution in [-0.2, 0) is 16.0 Å². The van der Waals surface area contributed by atoms with E-state index in [0.717, 1.165) is 67.6 Å². The number of nitrogens with one attached hydrogen (secondary N) is 1. The van der Waals surface area contributed by atoms with Crippen molar-refractivity contribution < 1.29 is 14.2 Å². The summed E-state index contributed by atoms with van der Waals surface area (Å²) in [5.74, 6) is 1.80. The van der Waals surface area contributed by atoms with E-state index in [0.29, 0.717) is 13.2 Å². The summed E-state index contributed by atoms with van der Waals surface area (Å²) >= 11 is 0. The minimum absolute atomic E-state index is 0. The van der Waals surface area contributed by atoms with Crippen molar-refractivity contribution in [3.63, 3.8) is 0 Å². The zero-order valence-corrected chi connectivity index (χ0v) is 19.7. The number of rotatable bonds is 5. The van der Waals surface area contributed by atoms with Gasteiger partial charge in [-0.1, -0.05) is 0 Å². The molecule has 0 radical (unpaired) electrons. The minimum atomic E-state index is 0. The molecule has 7 nitrogen and oxygen atoms in total. The molecule has 3 rings (SSSR count). The van der Waals surface area contributed by atoms with Gasteiger partial charge in [0.05, 0.1) is 32.1 Å². The molecule has 0 aromatic carbocycles. The Labute approximate surface area is 185 Å². The van der Waals surface area contributed by atoms with Crippen LogP contribution in [-0.4, -0.2) is 68.0 Å². The van der Waals surface area contributed by atoms with E-state index in [-0.39, 0.29) is 36.2 Å². The molecule has 0 saturated carbocycles. The standard InChI is InChI=1S/C20H32N4O3.HI/c1-5-21-20(23-12-16-15(3)19(25-4)14(2)11-22-16)24-8-10-27-18(13-24)17-7-6-9-26-17;/h11,17-18H,5-10,12-13H2,1-4H3,(H,21,23);1H. The molecule has 0 bridgehead atoms. The SMILES string of the molecule is CCNC(=NCc1ncc(C)c(OC)c1C)N1CCOC(C2CCCO2)C1.I. The van der Waals surface area contributed by atoms with Gasteiger partial charge in [0.2, 0.25) is 0 Å². The summed E-state index contributed by atoms with van der Waals surface area (Å²) in [7, 11) is 1.70. The van der Waals surface area contributed by atoms with Crippen LogP contribution in [0.5, 0.6) is 5.75 Å². The van der Waals surface area contributed by atoms with Crippen molar-refractivity contribution in [3.05, 3.63) is 23.0 Å². The maximum absolute atomic E-state index is 5.97. The molecule has 3 heterocycles. The molecule has 2 aliphatic heterocycles. The second-order valence-electron chi connectivity index (χ2n) is 7.12. The third kappa shape index (κ3) is 5.48. The lowest BCUT2D eigenvalue weighted by Crippen LogP contribution is -2.53. The van der Waals surface area contributed by atoms with Crippen LogP contribution in [0.15, 0.2) is 11.2 Å². The van der Waals surface area contributed by atoms with Gasteiger partial charge in [-0.3, -0.25) is 4.98 Å². The van der Waals surface area contributed by atoms with Crippen molar-refractivity contribution >= 4 is 29.9 Å². The first-order chi connectivity index (χ1) is 13.1. The number of pyridine rings is 1. The maximum atomic E-state index is 5.97. The zero-order chi connectivity index (χ0) is 19.2. The topological polar surface area (TPSA) is 68.2 Å². The Hall–Kier alpha value is -1.13. The zero-order valence-electron chi connectivity index (χ0n) is 17.4. The van der Waals surface area contributed by atoms with Gasteiger partial charge in [0.15, 0.2) is 5.96 Å². The summed E-state index contributed by atoms with van der Waals surface area (Å²) in [5.41, 5.74) is 3.04. The Morgan fingerprint density at radius 1 is 1.32 bits per heavy atom. The van der Waals surface area contributed by atoms with E-state index in [4.69, 9.17) is 19.2 Å². The molecule has 2 aliphatic rings. The van der Waals surface area contributed by atoms with E-state index in [1.54, 1.807) is 7.11 Å². The highest BCUT2D eigenvalue weighted by molar-refractivity contribution is 14.0. The minimum Gasteiger partial charge on any atom is -0.496 e. The second-order valence-corrected chi connectivity index (χ2v) is 7.12. The maximum Gasteiger partial charge on any atom is 0.194 e. The van der Waals surface area contributed by atoms with Gasteiger partial charge in [0, 0.05) is 43.6 Å². The summed E-state index contributed by atoms with van der Waals surface area (Å²) in [6.45, 7) is 10.7. The van der Waals surface area contributed by atoms with E-state index < -0.39 is 0 Å². The summed E-state index contributed by atoms with van der Waals surface area (Å²) in [6.07, 6.45) is 4.38. The molecular formula is C20H33IN4O3. The van der Waals surface area contributed by atoms with Crippen LogP contribution in [0.1, 0.15) is 36.6 Å². The summed E-state index contributed by atoms with van der Waals surface area (Å²) < 4.78 is 17.3. The van der Waals surface area contributed by atoms with Gasteiger partial charge < -0.3 is 24.4 Å². The van der Waals surface area contributed by atoms with Gasteiger partial charge in [-0.25, -0.2) is 4.99 Å². The van der Waals surface area contributed by atoms with Crippen molar-refractivity contribution in [2.45, 2.75) is 52.4 Å².